The van der Waals surface area contributed by atoms with Crippen LogP contribution >= 0.6 is 0 Å². The fourth-order valence-corrected chi connectivity index (χ4v) is 4.53. The Labute approximate surface area is 203 Å². The highest BCUT2D eigenvalue weighted by molar-refractivity contribution is 7.92. The summed E-state index contributed by atoms with van der Waals surface area (Å²) in [4.78, 5) is 25.7. The maximum Gasteiger partial charge on any atom is 0.261 e. The summed E-state index contributed by atoms with van der Waals surface area (Å²) in [7, 11) is -3.76. The molecule has 4 aromatic rings. The Morgan fingerprint density at radius 2 is 1.57 bits per heavy atom. The Bertz CT molecular complexity index is 1450. The van der Waals surface area contributed by atoms with E-state index in [2.05, 4.69) is 15.4 Å². The Kier molecular flexibility index (Phi) is 6.98. The fraction of sp³-hybridized carbons (Fsp3) is 0.0769. The van der Waals surface area contributed by atoms with Crippen LogP contribution in [0.4, 0.5) is 11.4 Å². The number of hydrogen-bond donors (Lipinski definition) is 3. The molecule has 0 bridgehead atoms. The molecule has 0 atom stereocenters. The summed E-state index contributed by atoms with van der Waals surface area (Å²) in [5.41, 5.74) is 1.90. The van der Waals surface area contributed by atoms with Crippen molar-refractivity contribution in [3.8, 4) is 0 Å². The number of rotatable bonds is 8. The number of nitrogens with one attached hydrogen (secondary N) is 3. The predicted octanol–water partition coefficient (Wildman–Crippen LogP) is 4.57. The van der Waals surface area contributed by atoms with Gasteiger partial charge < -0.3 is 15.1 Å². The van der Waals surface area contributed by atoms with Crippen LogP contribution in [0.1, 0.15) is 32.0 Å². The zero-order valence-corrected chi connectivity index (χ0v) is 19.6. The molecule has 8 nitrogen and oxygen atoms in total. The first-order chi connectivity index (χ1) is 16.8. The monoisotopic (exact) mass is 489 g/mol. The van der Waals surface area contributed by atoms with E-state index in [-0.39, 0.29) is 17.3 Å². The summed E-state index contributed by atoms with van der Waals surface area (Å²) in [5.74, 6) is -0.186. The number of benzene rings is 3. The minimum Gasteiger partial charge on any atom is -0.467 e. The first-order valence-electron chi connectivity index (χ1n) is 10.7. The number of furan rings is 1. The zero-order chi connectivity index (χ0) is 24.8. The van der Waals surface area contributed by atoms with Gasteiger partial charge in [-0.1, -0.05) is 30.3 Å². The molecule has 3 aromatic carbocycles. The van der Waals surface area contributed by atoms with Gasteiger partial charge in [-0.2, -0.15) is 0 Å². The van der Waals surface area contributed by atoms with Crippen molar-refractivity contribution in [3.05, 3.63) is 114 Å². The fourth-order valence-electron chi connectivity index (χ4n) is 3.38. The molecule has 3 N–H and O–H groups in total. The molecule has 0 saturated carbocycles. The normalized spacial score (nSPS) is 11.0. The summed E-state index contributed by atoms with van der Waals surface area (Å²) < 4.78 is 33.0. The van der Waals surface area contributed by atoms with E-state index < -0.39 is 15.9 Å². The van der Waals surface area contributed by atoms with E-state index in [4.69, 9.17) is 4.42 Å². The van der Waals surface area contributed by atoms with Crippen LogP contribution in [-0.4, -0.2) is 20.2 Å². The van der Waals surface area contributed by atoms with Crippen LogP contribution in [-0.2, 0) is 16.6 Å². The Balaban J connectivity index is 1.47. The van der Waals surface area contributed by atoms with E-state index in [1.807, 2.05) is 0 Å². The molecule has 35 heavy (non-hydrogen) atoms. The van der Waals surface area contributed by atoms with Gasteiger partial charge >= 0.3 is 0 Å². The second-order valence-corrected chi connectivity index (χ2v) is 9.39. The molecular formula is C26H23N3O5S. The van der Waals surface area contributed by atoms with Crippen LogP contribution in [0.5, 0.6) is 0 Å². The molecular weight excluding hydrogens is 466 g/mol. The number of hydrogen-bond acceptors (Lipinski definition) is 5. The summed E-state index contributed by atoms with van der Waals surface area (Å²) in [5, 5.41) is 5.52. The van der Waals surface area contributed by atoms with Gasteiger partial charge in [0.15, 0.2) is 0 Å². The van der Waals surface area contributed by atoms with E-state index in [0.717, 1.165) is 0 Å². The third-order valence-corrected chi connectivity index (χ3v) is 6.59. The molecule has 9 heteroatoms. The molecule has 0 aliphatic carbocycles. The van der Waals surface area contributed by atoms with Crippen molar-refractivity contribution in [1.82, 2.24) is 5.32 Å². The van der Waals surface area contributed by atoms with Gasteiger partial charge in [0.05, 0.1) is 34.6 Å². The first-order valence-corrected chi connectivity index (χ1v) is 12.2. The summed E-state index contributed by atoms with van der Waals surface area (Å²) in [6.07, 6.45) is 1.52. The largest absolute Gasteiger partial charge is 0.467 e. The van der Waals surface area contributed by atoms with Gasteiger partial charge in [-0.3, -0.25) is 14.3 Å². The molecule has 1 heterocycles. The number of carbonyl (C=O) groups is 2. The molecule has 0 aliphatic heterocycles. The van der Waals surface area contributed by atoms with Crippen LogP contribution in [0.15, 0.2) is 101 Å². The third kappa shape index (κ3) is 5.77. The number of amides is 2. The van der Waals surface area contributed by atoms with Gasteiger partial charge in [-0.15, -0.1) is 0 Å². The molecule has 2 amide bonds. The molecule has 4 rings (SSSR count). The second-order valence-electron chi connectivity index (χ2n) is 7.71. The predicted molar refractivity (Wildman–Crippen MR) is 133 cm³/mol. The van der Waals surface area contributed by atoms with E-state index in [9.17, 15) is 18.0 Å². The molecule has 0 radical (unpaired) electrons. The minimum atomic E-state index is -3.76. The lowest BCUT2D eigenvalue weighted by Gasteiger charge is -2.13. The smallest absolute Gasteiger partial charge is 0.261 e. The van der Waals surface area contributed by atoms with E-state index in [0.29, 0.717) is 33.8 Å². The molecule has 0 aliphatic rings. The van der Waals surface area contributed by atoms with Gasteiger partial charge in [-0.05, 0) is 67.1 Å². The highest BCUT2D eigenvalue weighted by Gasteiger charge is 2.17. The van der Waals surface area contributed by atoms with Crippen LogP contribution in [0.3, 0.4) is 0 Å². The lowest BCUT2D eigenvalue weighted by atomic mass is 10.1. The van der Waals surface area contributed by atoms with Gasteiger partial charge in [0.1, 0.15) is 5.76 Å². The van der Waals surface area contributed by atoms with Crippen molar-refractivity contribution >= 4 is 33.2 Å². The molecule has 0 spiro atoms. The van der Waals surface area contributed by atoms with Crippen LogP contribution in [0.2, 0.25) is 0 Å². The minimum absolute atomic E-state index is 0.142. The first kappa shape index (κ1) is 23.8. The van der Waals surface area contributed by atoms with Crippen molar-refractivity contribution in [2.45, 2.75) is 18.4 Å². The number of aryl methyl sites for hydroxylation is 1. The number of carbonyl (C=O) groups excluding carboxylic acids is 2. The number of sulfonamides is 1. The van der Waals surface area contributed by atoms with Crippen molar-refractivity contribution in [1.29, 1.82) is 0 Å². The van der Waals surface area contributed by atoms with Gasteiger partial charge in [0.25, 0.3) is 21.8 Å². The lowest BCUT2D eigenvalue weighted by molar-refractivity contribution is 0.0949. The average Bonchev–Trinajstić information content (AvgIpc) is 3.38. The summed E-state index contributed by atoms with van der Waals surface area (Å²) in [6.45, 7) is 1.92. The molecule has 0 saturated heterocycles. The standard InChI is InChI=1S/C26H23N3O5S/c1-18-16-19(13-14-23(18)29-35(32,33)21-9-3-2-4-10-21)25(30)28-24-12-6-5-11-22(24)26(31)27-17-20-8-7-15-34-20/h2-16,29H,17H2,1H3,(H,27,31)(H,28,30). The highest BCUT2D eigenvalue weighted by atomic mass is 32.2. The zero-order valence-electron chi connectivity index (χ0n) is 18.8. The quantitative estimate of drug-likeness (QED) is 0.335. The topological polar surface area (TPSA) is 118 Å². The Morgan fingerprint density at radius 3 is 2.29 bits per heavy atom. The second kappa shape index (κ2) is 10.3. The van der Waals surface area contributed by atoms with Crippen molar-refractivity contribution in [2.24, 2.45) is 0 Å². The number of anilines is 2. The van der Waals surface area contributed by atoms with Gasteiger partial charge in [-0.25, -0.2) is 8.42 Å². The average molecular weight is 490 g/mol. The van der Waals surface area contributed by atoms with E-state index >= 15 is 0 Å². The summed E-state index contributed by atoms with van der Waals surface area (Å²) in [6, 6.07) is 22.8. The van der Waals surface area contributed by atoms with Gasteiger partial charge in [0.2, 0.25) is 0 Å². The molecule has 1 aromatic heterocycles. The third-order valence-electron chi connectivity index (χ3n) is 5.21. The maximum absolute atomic E-state index is 12.9. The van der Waals surface area contributed by atoms with Gasteiger partial charge in [0, 0.05) is 5.56 Å². The maximum atomic E-state index is 12.9. The molecule has 0 unspecified atom stereocenters. The van der Waals surface area contributed by atoms with Crippen molar-refractivity contribution in [2.75, 3.05) is 10.0 Å². The van der Waals surface area contributed by atoms with Crippen LogP contribution in [0, 0.1) is 6.92 Å². The lowest BCUT2D eigenvalue weighted by Crippen LogP contribution is -2.24. The van der Waals surface area contributed by atoms with Crippen LogP contribution in [0.25, 0.3) is 0 Å². The van der Waals surface area contributed by atoms with Crippen molar-refractivity contribution in [3.63, 3.8) is 0 Å². The summed E-state index contributed by atoms with van der Waals surface area (Å²) >= 11 is 0. The van der Waals surface area contributed by atoms with Crippen LogP contribution < -0.4 is 15.4 Å². The molecule has 0 fully saturated rings. The van der Waals surface area contributed by atoms with E-state index in [1.54, 1.807) is 67.6 Å². The Hall–Kier alpha value is -4.37. The number of para-hydroxylation sites is 1. The highest BCUT2D eigenvalue weighted by Crippen LogP contribution is 2.22. The van der Waals surface area contributed by atoms with E-state index in [1.165, 1.54) is 30.5 Å². The van der Waals surface area contributed by atoms with Crippen molar-refractivity contribution < 1.29 is 22.4 Å². The molecule has 178 valence electrons. The Morgan fingerprint density at radius 1 is 0.829 bits per heavy atom. The SMILES string of the molecule is Cc1cc(C(=O)Nc2ccccc2C(=O)NCc2ccco2)ccc1NS(=O)(=O)c1ccccc1.